The number of amides is 1. The first-order valence-electron chi connectivity index (χ1n) is 5.77. The van der Waals surface area contributed by atoms with Crippen molar-refractivity contribution in [2.45, 2.75) is 38.6 Å². The van der Waals surface area contributed by atoms with E-state index in [1.165, 1.54) is 18.4 Å². The maximum absolute atomic E-state index is 11.6. The summed E-state index contributed by atoms with van der Waals surface area (Å²) in [7, 11) is 0. The highest BCUT2D eigenvalue weighted by molar-refractivity contribution is 5.78. The minimum Gasteiger partial charge on any atom is -0.349 e. The minimum atomic E-state index is 0.0875. The van der Waals surface area contributed by atoms with Crippen LogP contribution in [0.4, 0.5) is 0 Å². The Bertz CT molecular complexity index is 368. The number of aromatic nitrogens is 2. The van der Waals surface area contributed by atoms with E-state index in [4.69, 9.17) is 0 Å². The van der Waals surface area contributed by atoms with Gasteiger partial charge in [-0.2, -0.15) is 0 Å². The lowest BCUT2D eigenvalue weighted by atomic mass is 9.97. The SMILES string of the molecule is O=C(CC1=CCCCC1)NCc1ncc[nH]1. The first kappa shape index (κ1) is 10.9. The van der Waals surface area contributed by atoms with Crippen LogP contribution in [-0.4, -0.2) is 15.9 Å². The molecule has 0 aliphatic heterocycles. The normalized spacial score (nSPS) is 15.6. The van der Waals surface area contributed by atoms with E-state index in [1.54, 1.807) is 12.4 Å². The van der Waals surface area contributed by atoms with Gasteiger partial charge in [-0.1, -0.05) is 11.6 Å². The molecule has 0 spiro atoms. The van der Waals surface area contributed by atoms with Crippen molar-refractivity contribution in [3.05, 3.63) is 29.9 Å². The number of nitrogens with one attached hydrogen (secondary N) is 2. The van der Waals surface area contributed by atoms with Crippen molar-refractivity contribution in [1.29, 1.82) is 0 Å². The van der Waals surface area contributed by atoms with Crippen LogP contribution in [0.3, 0.4) is 0 Å². The number of allylic oxidation sites excluding steroid dienone is 1. The first-order valence-corrected chi connectivity index (χ1v) is 5.77. The Balaban J connectivity index is 1.74. The minimum absolute atomic E-state index is 0.0875. The molecule has 0 fully saturated rings. The van der Waals surface area contributed by atoms with Crippen LogP contribution in [0.15, 0.2) is 24.0 Å². The van der Waals surface area contributed by atoms with Crippen molar-refractivity contribution in [3.63, 3.8) is 0 Å². The molecule has 86 valence electrons. The second-order valence-corrected chi connectivity index (χ2v) is 4.10. The van der Waals surface area contributed by atoms with Crippen molar-refractivity contribution >= 4 is 5.91 Å². The van der Waals surface area contributed by atoms with Crippen LogP contribution in [0.2, 0.25) is 0 Å². The predicted octanol–water partition coefficient (Wildman–Crippen LogP) is 1.92. The molecule has 0 saturated heterocycles. The molecule has 1 heterocycles. The van der Waals surface area contributed by atoms with Gasteiger partial charge in [-0.3, -0.25) is 4.79 Å². The van der Waals surface area contributed by atoms with Crippen molar-refractivity contribution in [1.82, 2.24) is 15.3 Å². The Morgan fingerprint density at radius 2 is 2.44 bits per heavy atom. The molecule has 0 bridgehead atoms. The molecule has 2 N–H and O–H groups in total. The third-order valence-corrected chi connectivity index (χ3v) is 2.78. The molecule has 0 atom stereocenters. The Hall–Kier alpha value is -1.58. The van der Waals surface area contributed by atoms with Crippen molar-refractivity contribution in [3.8, 4) is 0 Å². The highest BCUT2D eigenvalue weighted by Crippen LogP contribution is 2.19. The topological polar surface area (TPSA) is 57.8 Å². The standard InChI is InChI=1S/C12H17N3O/c16-12(8-10-4-2-1-3-5-10)15-9-11-13-6-7-14-11/h4,6-7H,1-3,5,8-9H2,(H,13,14)(H,15,16). The molecule has 1 amide bonds. The average molecular weight is 219 g/mol. The molecule has 1 aliphatic rings. The van der Waals surface area contributed by atoms with E-state index in [-0.39, 0.29) is 5.91 Å². The van der Waals surface area contributed by atoms with E-state index in [0.29, 0.717) is 13.0 Å². The van der Waals surface area contributed by atoms with E-state index in [1.807, 2.05) is 0 Å². The van der Waals surface area contributed by atoms with E-state index in [0.717, 1.165) is 18.7 Å². The zero-order valence-corrected chi connectivity index (χ0v) is 9.33. The van der Waals surface area contributed by atoms with Gasteiger partial charge >= 0.3 is 0 Å². The van der Waals surface area contributed by atoms with Crippen LogP contribution in [0.1, 0.15) is 37.9 Å². The van der Waals surface area contributed by atoms with E-state index in [9.17, 15) is 4.79 Å². The summed E-state index contributed by atoms with van der Waals surface area (Å²) in [5.74, 6) is 0.885. The number of hydrogen-bond donors (Lipinski definition) is 2. The molecular weight excluding hydrogens is 202 g/mol. The fourth-order valence-corrected chi connectivity index (χ4v) is 1.91. The Morgan fingerprint density at radius 1 is 1.50 bits per heavy atom. The monoisotopic (exact) mass is 219 g/mol. The summed E-state index contributed by atoms with van der Waals surface area (Å²) >= 11 is 0. The second-order valence-electron chi connectivity index (χ2n) is 4.10. The summed E-state index contributed by atoms with van der Waals surface area (Å²) in [5.41, 5.74) is 1.28. The maximum Gasteiger partial charge on any atom is 0.224 e. The van der Waals surface area contributed by atoms with Gasteiger partial charge in [0.15, 0.2) is 0 Å². The molecule has 0 unspecified atom stereocenters. The summed E-state index contributed by atoms with van der Waals surface area (Å²) in [5, 5.41) is 2.86. The summed E-state index contributed by atoms with van der Waals surface area (Å²) in [6.07, 6.45) is 10.9. The Morgan fingerprint density at radius 3 is 3.12 bits per heavy atom. The van der Waals surface area contributed by atoms with Gasteiger partial charge in [0, 0.05) is 18.8 Å². The number of carbonyl (C=O) groups is 1. The third kappa shape index (κ3) is 3.22. The number of aromatic amines is 1. The smallest absolute Gasteiger partial charge is 0.224 e. The highest BCUT2D eigenvalue weighted by Gasteiger charge is 2.08. The Labute approximate surface area is 95.2 Å². The van der Waals surface area contributed by atoms with Crippen LogP contribution in [0, 0.1) is 0 Å². The first-order chi connectivity index (χ1) is 7.84. The maximum atomic E-state index is 11.6. The van der Waals surface area contributed by atoms with Gasteiger partial charge in [-0.25, -0.2) is 4.98 Å². The molecular formula is C12H17N3O. The van der Waals surface area contributed by atoms with E-state index >= 15 is 0 Å². The van der Waals surface area contributed by atoms with Gasteiger partial charge in [-0.05, 0) is 25.7 Å². The largest absolute Gasteiger partial charge is 0.349 e. The van der Waals surface area contributed by atoms with Crippen molar-refractivity contribution < 1.29 is 4.79 Å². The van der Waals surface area contributed by atoms with Crippen LogP contribution >= 0.6 is 0 Å². The lowest BCUT2D eigenvalue weighted by Crippen LogP contribution is -2.23. The molecule has 4 nitrogen and oxygen atoms in total. The fourth-order valence-electron chi connectivity index (χ4n) is 1.91. The summed E-state index contributed by atoms with van der Waals surface area (Å²) in [6.45, 7) is 0.485. The van der Waals surface area contributed by atoms with Crippen LogP contribution in [-0.2, 0) is 11.3 Å². The lowest BCUT2D eigenvalue weighted by molar-refractivity contribution is -0.120. The molecule has 1 aromatic heterocycles. The molecule has 0 radical (unpaired) electrons. The van der Waals surface area contributed by atoms with Crippen molar-refractivity contribution in [2.75, 3.05) is 0 Å². The van der Waals surface area contributed by atoms with Crippen molar-refractivity contribution in [2.24, 2.45) is 0 Å². The van der Waals surface area contributed by atoms with Gasteiger partial charge < -0.3 is 10.3 Å². The second kappa shape index (κ2) is 5.49. The lowest BCUT2D eigenvalue weighted by Gasteiger charge is -2.12. The summed E-state index contributed by atoms with van der Waals surface area (Å²) < 4.78 is 0. The number of nitrogens with zero attached hydrogens (tertiary/aromatic N) is 1. The summed E-state index contributed by atoms with van der Waals surface area (Å²) in [6, 6.07) is 0. The highest BCUT2D eigenvalue weighted by atomic mass is 16.1. The molecule has 2 rings (SSSR count). The zero-order chi connectivity index (χ0) is 11.2. The van der Waals surface area contributed by atoms with Gasteiger partial charge in [0.25, 0.3) is 0 Å². The Kier molecular flexibility index (Phi) is 3.75. The van der Waals surface area contributed by atoms with Gasteiger partial charge in [-0.15, -0.1) is 0 Å². The number of hydrogen-bond acceptors (Lipinski definition) is 2. The summed E-state index contributed by atoms with van der Waals surface area (Å²) in [4.78, 5) is 18.6. The molecule has 4 heteroatoms. The number of carbonyl (C=O) groups excluding carboxylic acids is 1. The predicted molar refractivity (Wildman–Crippen MR) is 61.6 cm³/mol. The average Bonchev–Trinajstić information content (AvgIpc) is 2.81. The van der Waals surface area contributed by atoms with Gasteiger partial charge in [0.1, 0.15) is 5.82 Å². The molecule has 0 saturated carbocycles. The van der Waals surface area contributed by atoms with Crippen LogP contribution < -0.4 is 5.32 Å². The van der Waals surface area contributed by atoms with E-state index in [2.05, 4.69) is 21.4 Å². The van der Waals surface area contributed by atoms with Gasteiger partial charge in [0.05, 0.1) is 6.54 Å². The van der Waals surface area contributed by atoms with Gasteiger partial charge in [0.2, 0.25) is 5.91 Å². The molecule has 0 aromatic carbocycles. The zero-order valence-electron chi connectivity index (χ0n) is 9.33. The third-order valence-electron chi connectivity index (χ3n) is 2.78. The van der Waals surface area contributed by atoms with E-state index < -0.39 is 0 Å². The number of H-pyrrole nitrogens is 1. The quantitative estimate of drug-likeness (QED) is 0.760. The van der Waals surface area contributed by atoms with Crippen LogP contribution in [0.25, 0.3) is 0 Å². The van der Waals surface area contributed by atoms with Crippen LogP contribution in [0.5, 0.6) is 0 Å². The fraction of sp³-hybridized carbons (Fsp3) is 0.500. The number of imidazole rings is 1. The number of rotatable bonds is 4. The molecule has 1 aromatic rings. The molecule has 16 heavy (non-hydrogen) atoms. The molecule has 1 aliphatic carbocycles.